The molecule has 1 saturated heterocycles. The maximum absolute atomic E-state index is 13.3. The van der Waals surface area contributed by atoms with E-state index in [0.717, 1.165) is 72.2 Å². The van der Waals surface area contributed by atoms with Gasteiger partial charge >= 0.3 is 0 Å². The standard InChI is InChI=1S/C27H27N5O2/c1-18-14-32-26(19(2)28-18)13-25(29-32)21-4-3-5-23-7-6-22(15-31(23)27(33)12-21)20-8-10-30(11-9-20)24-16-34-17-24/h3-8,12-15,24H,9-11,16-17H2,1-2H3/b4-3+,21-12+,23-5+. The summed E-state index contributed by atoms with van der Waals surface area (Å²) in [6.07, 6.45) is 18.8. The van der Waals surface area contributed by atoms with E-state index in [1.807, 2.05) is 61.1 Å². The van der Waals surface area contributed by atoms with Crippen LogP contribution in [0, 0.1) is 13.8 Å². The summed E-state index contributed by atoms with van der Waals surface area (Å²) < 4.78 is 7.17. The molecule has 7 nitrogen and oxygen atoms in total. The Bertz CT molecular complexity index is 1370. The zero-order valence-electron chi connectivity index (χ0n) is 19.4. The van der Waals surface area contributed by atoms with Crippen LogP contribution in [0.2, 0.25) is 0 Å². The lowest BCUT2D eigenvalue weighted by molar-refractivity contribution is -0.122. The second-order valence-corrected chi connectivity index (χ2v) is 9.17. The molecule has 34 heavy (non-hydrogen) atoms. The number of aromatic nitrogens is 3. The third kappa shape index (κ3) is 3.77. The first-order chi connectivity index (χ1) is 16.5. The summed E-state index contributed by atoms with van der Waals surface area (Å²) in [7, 11) is 0. The van der Waals surface area contributed by atoms with E-state index in [1.165, 1.54) is 5.57 Å². The van der Waals surface area contributed by atoms with E-state index in [1.54, 1.807) is 11.0 Å². The molecule has 0 aliphatic carbocycles. The van der Waals surface area contributed by atoms with Crippen molar-refractivity contribution in [3.05, 3.63) is 94.9 Å². The van der Waals surface area contributed by atoms with Gasteiger partial charge in [0.1, 0.15) is 0 Å². The van der Waals surface area contributed by atoms with Crippen molar-refractivity contribution in [3.63, 3.8) is 0 Å². The van der Waals surface area contributed by atoms with E-state index in [-0.39, 0.29) is 5.91 Å². The second kappa shape index (κ2) is 8.34. The van der Waals surface area contributed by atoms with E-state index in [9.17, 15) is 4.79 Å². The van der Waals surface area contributed by atoms with Crippen molar-refractivity contribution in [3.8, 4) is 0 Å². The number of rotatable bonds is 3. The lowest BCUT2D eigenvalue weighted by Crippen LogP contribution is -2.50. The van der Waals surface area contributed by atoms with Crippen LogP contribution in [0.4, 0.5) is 0 Å². The van der Waals surface area contributed by atoms with Crippen LogP contribution in [0.1, 0.15) is 23.5 Å². The summed E-state index contributed by atoms with van der Waals surface area (Å²) in [5.74, 6) is -0.0832. The van der Waals surface area contributed by atoms with Crippen molar-refractivity contribution in [2.45, 2.75) is 26.3 Å². The second-order valence-electron chi connectivity index (χ2n) is 9.17. The first-order valence-electron chi connectivity index (χ1n) is 11.7. The molecule has 1 fully saturated rings. The molecule has 6 rings (SSSR count). The zero-order chi connectivity index (χ0) is 23.2. The number of amides is 1. The first kappa shape index (κ1) is 21.0. The van der Waals surface area contributed by atoms with Gasteiger partial charge in [0, 0.05) is 36.6 Å². The minimum Gasteiger partial charge on any atom is -0.378 e. The fourth-order valence-electron chi connectivity index (χ4n) is 4.83. The minimum absolute atomic E-state index is 0.0832. The van der Waals surface area contributed by atoms with E-state index >= 15 is 0 Å². The minimum atomic E-state index is -0.0832. The molecule has 6 heterocycles. The van der Waals surface area contributed by atoms with Gasteiger partial charge in [-0.15, -0.1) is 0 Å². The Morgan fingerprint density at radius 1 is 1.12 bits per heavy atom. The largest absolute Gasteiger partial charge is 0.378 e. The molecule has 2 aromatic rings. The molecule has 0 radical (unpaired) electrons. The van der Waals surface area contributed by atoms with Crippen LogP contribution < -0.4 is 0 Å². The zero-order valence-corrected chi connectivity index (χ0v) is 19.4. The number of hydrogen-bond donors (Lipinski definition) is 0. The summed E-state index contributed by atoms with van der Waals surface area (Å²) in [5, 5.41) is 4.70. The summed E-state index contributed by atoms with van der Waals surface area (Å²) in [6, 6.07) is 2.54. The van der Waals surface area contributed by atoms with Crippen molar-refractivity contribution in [2.75, 3.05) is 26.3 Å². The number of carbonyl (C=O) groups is 1. The molecule has 172 valence electrons. The molecule has 0 bridgehead atoms. The SMILES string of the molecule is Cc1cn2nc(C3=C\C(=O)N4C=C(C5=CCN(C6COC6)CC5)C=C\C4=C/C=C/3)cc2c(C)n1. The van der Waals surface area contributed by atoms with Gasteiger partial charge in [-0.2, -0.15) is 5.10 Å². The number of hydrogen-bond acceptors (Lipinski definition) is 5. The van der Waals surface area contributed by atoms with Crippen LogP contribution in [0.15, 0.2) is 77.8 Å². The molecule has 7 heteroatoms. The quantitative estimate of drug-likeness (QED) is 0.712. The molecule has 1 amide bonds. The maximum atomic E-state index is 13.3. The van der Waals surface area contributed by atoms with Gasteiger partial charge in [0.15, 0.2) is 0 Å². The van der Waals surface area contributed by atoms with Crippen molar-refractivity contribution in [1.82, 2.24) is 24.4 Å². The summed E-state index contributed by atoms with van der Waals surface area (Å²) in [6.45, 7) is 7.56. The molecule has 2 aromatic heterocycles. The van der Waals surface area contributed by atoms with Crippen LogP contribution >= 0.6 is 0 Å². The number of fused-ring (bicyclic) bond motifs is 2. The Kier molecular flexibility index (Phi) is 5.16. The Morgan fingerprint density at radius 2 is 2.00 bits per heavy atom. The molecule has 0 atom stereocenters. The van der Waals surface area contributed by atoms with Gasteiger partial charge in [0.2, 0.25) is 0 Å². The number of aryl methyl sites for hydroxylation is 2. The summed E-state index contributed by atoms with van der Waals surface area (Å²) >= 11 is 0. The van der Waals surface area contributed by atoms with Gasteiger partial charge in [-0.25, -0.2) is 4.52 Å². The Morgan fingerprint density at radius 3 is 2.76 bits per heavy atom. The van der Waals surface area contributed by atoms with Gasteiger partial charge in [0.25, 0.3) is 5.91 Å². The van der Waals surface area contributed by atoms with Crippen molar-refractivity contribution < 1.29 is 9.53 Å². The maximum Gasteiger partial charge on any atom is 0.255 e. The highest BCUT2D eigenvalue weighted by Crippen LogP contribution is 2.29. The highest BCUT2D eigenvalue weighted by atomic mass is 16.5. The molecule has 0 saturated carbocycles. The monoisotopic (exact) mass is 453 g/mol. The van der Waals surface area contributed by atoms with Gasteiger partial charge in [-0.3, -0.25) is 19.6 Å². The number of ether oxygens (including phenoxy) is 1. The first-order valence-corrected chi connectivity index (χ1v) is 11.7. The molecule has 0 unspecified atom stereocenters. The fraction of sp³-hybridized carbons (Fsp3) is 0.296. The highest BCUT2D eigenvalue weighted by molar-refractivity contribution is 5.99. The third-order valence-corrected chi connectivity index (χ3v) is 6.84. The van der Waals surface area contributed by atoms with Gasteiger partial charge in [-0.1, -0.05) is 24.3 Å². The predicted octanol–water partition coefficient (Wildman–Crippen LogP) is 3.50. The summed E-state index contributed by atoms with van der Waals surface area (Å²) in [4.78, 5) is 22.1. The van der Waals surface area contributed by atoms with Crippen LogP contribution in [-0.4, -0.2) is 62.7 Å². The predicted molar refractivity (Wildman–Crippen MR) is 131 cm³/mol. The van der Waals surface area contributed by atoms with Crippen molar-refractivity contribution in [1.29, 1.82) is 0 Å². The highest BCUT2D eigenvalue weighted by Gasteiger charge is 2.28. The van der Waals surface area contributed by atoms with E-state index in [2.05, 4.69) is 22.0 Å². The van der Waals surface area contributed by atoms with E-state index < -0.39 is 0 Å². The lowest BCUT2D eigenvalue weighted by atomic mass is 9.96. The van der Waals surface area contributed by atoms with Gasteiger partial charge < -0.3 is 4.74 Å². The third-order valence-electron chi connectivity index (χ3n) is 6.84. The Labute approximate surface area is 198 Å². The number of carbonyl (C=O) groups excluding carboxylic acids is 1. The van der Waals surface area contributed by atoms with Crippen LogP contribution in [0.5, 0.6) is 0 Å². The Balaban J connectivity index is 1.28. The van der Waals surface area contributed by atoms with E-state index in [4.69, 9.17) is 9.84 Å². The number of nitrogens with zero attached hydrogens (tertiary/aromatic N) is 5. The Hall–Kier alpha value is -3.55. The summed E-state index contributed by atoms with van der Waals surface area (Å²) in [5.41, 5.74) is 7.54. The van der Waals surface area contributed by atoms with Crippen LogP contribution in [-0.2, 0) is 9.53 Å². The molecule has 0 N–H and O–H groups in total. The molecule has 0 aromatic carbocycles. The fourth-order valence-corrected chi connectivity index (χ4v) is 4.83. The van der Waals surface area contributed by atoms with Crippen molar-refractivity contribution in [2.24, 2.45) is 0 Å². The molecular weight excluding hydrogens is 426 g/mol. The average molecular weight is 454 g/mol. The lowest BCUT2D eigenvalue weighted by Gasteiger charge is -2.39. The smallest absolute Gasteiger partial charge is 0.255 e. The molecule has 0 spiro atoms. The molecular formula is C27H27N5O2. The molecule has 4 aliphatic rings. The average Bonchev–Trinajstić information content (AvgIpc) is 3.21. The van der Waals surface area contributed by atoms with Crippen LogP contribution in [0.25, 0.3) is 11.1 Å². The number of allylic oxidation sites excluding steroid dienone is 7. The van der Waals surface area contributed by atoms with Crippen molar-refractivity contribution >= 4 is 17.0 Å². The van der Waals surface area contributed by atoms with E-state index in [0.29, 0.717) is 6.04 Å². The van der Waals surface area contributed by atoms with Gasteiger partial charge in [-0.05, 0) is 49.6 Å². The van der Waals surface area contributed by atoms with Gasteiger partial charge in [0.05, 0.1) is 48.1 Å². The molecule has 4 aliphatic heterocycles. The van der Waals surface area contributed by atoms with Crippen LogP contribution in [0.3, 0.4) is 0 Å². The normalized spacial score (nSPS) is 25.4. The topological polar surface area (TPSA) is 63.0 Å².